The largest absolute Gasteiger partial charge is 0.456 e. The fourth-order valence-corrected chi connectivity index (χ4v) is 1.42. The highest BCUT2D eigenvalue weighted by Gasteiger charge is 2.67. The van der Waals surface area contributed by atoms with Gasteiger partial charge in [-0.25, -0.2) is 0 Å². The lowest BCUT2D eigenvalue weighted by Gasteiger charge is -2.41. The minimum absolute atomic E-state index is 0.115. The van der Waals surface area contributed by atoms with Crippen LogP contribution in [-0.2, 0) is 14.3 Å². The summed E-state index contributed by atoms with van der Waals surface area (Å²) in [5.74, 6) is -5.30. The van der Waals surface area contributed by atoms with Crippen molar-refractivity contribution in [1.82, 2.24) is 0 Å². The van der Waals surface area contributed by atoms with E-state index < -0.39 is 24.3 Å². The van der Waals surface area contributed by atoms with Crippen molar-refractivity contribution < 1.29 is 36.2 Å². The van der Waals surface area contributed by atoms with Crippen molar-refractivity contribution in [1.29, 1.82) is 0 Å². The van der Waals surface area contributed by atoms with Crippen LogP contribution in [0.5, 0.6) is 0 Å². The number of allylic oxidation sites excluding steroid dienone is 1. The van der Waals surface area contributed by atoms with Crippen LogP contribution in [0.15, 0.2) is 12.2 Å². The SMILES string of the molecule is C=C(C)C(=O)CCOC1COC1C(F)(F)C(F)(F)F. The van der Waals surface area contributed by atoms with Crippen LogP contribution >= 0.6 is 0 Å². The van der Waals surface area contributed by atoms with E-state index in [4.69, 9.17) is 4.74 Å². The van der Waals surface area contributed by atoms with E-state index in [0.29, 0.717) is 0 Å². The fourth-order valence-electron chi connectivity index (χ4n) is 1.42. The molecule has 110 valence electrons. The number of ether oxygens (including phenoxy) is 2. The van der Waals surface area contributed by atoms with Gasteiger partial charge in [-0.2, -0.15) is 22.0 Å². The van der Waals surface area contributed by atoms with Crippen molar-refractivity contribution in [2.24, 2.45) is 0 Å². The summed E-state index contributed by atoms with van der Waals surface area (Å²) in [5, 5.41) is 0. The number of Topliss-reactive ketones (excluding diaryl/α,β-unsaturated/α-hetero) is 1. The monoisotopic (exact) mass is 288 g/mol. The Morgan fingerprint density at radius 1 is 1.37 bits per heavy atom. The van der Waals surface area contributed by atoms with Gasteiger partial charge in [-0.1, -0.05) is 6.58 Å². The Bertz CT molecular complexity index is 364. The molecule has 0 aromatic rings. The molecule has 0 bridgehead atoms. The molecule has 2 atom stereocenters. The predicted octanol–water partition coefficient (Wildman–Crippen LogP) is 2.50. The first-order valence-electron chi connectivity index (χ1n) is 5.44. The third-order valence-electron chi connectivity index (χ3n) is 2.65. The van der Waals surface area contributed by atoms with Gasteiger partial charge in [-0.3, -0.25) is 4.79 Å². The van der Waals surface area contributed by atoms with Crippen molar-refractivity contribution in [3.05, 3.63) is 12.2 Å². The van der Waals surface area contributed by atoms with Gasteiger partial charge >= 0.3 is 12.1 Å². The summed E-state index contributed by atoms with van der Waals surface area (Å²) in [4.78, 5) is 11.1. The fraction of sp³-hybridized carbons (Fsp3) is 0.727. The maximum Gasteiger partial charge on any atom is 0.456 e. The van der Waals surface area contributed by atoms with Crippen molar-refractivity contribution in [3.63, 3.8) is 0 Å². The zero-order valence-corrected chi connectivity index (χ0v) is 10.1. The minimum atomic E-state index is -5.69. The van der Waals surface area contributed by atoms with Crippen molar-refractivity contribution >= 4 is 5.78 Å². The van der Waals surface area contributed by atoms with E-state index in [1.54, 1.807) is 0 Å². The summed E-state index contributed by atoms with van der Waals surface area (Å²) in [7, 11) is 0. The quantitative estimate of drug-likeness (QED) is 0.556. The van der Waals surface area contributed by atoms with Gasteiger partial charge in [0.2, 0.25) is 0 Å². The summed E-state index contributed by atoms with van der Waals surface area (Å²) in [6.07, 6.45) is -9.52. The number of rotatable bonds is 6. The molecule has 1 aliphatic heterocycles. The summed E-state index contributed by atoms with van der Waals surface area (Å²) in [6.45, 7) is 4.25. The first-order valence-corrected chi connectivity index (χ1v) is 5.44. The van der Waals surface area contributed by atoms with Crippen LogP contribution in [0.1, 0.15) is 13.3 Å². The first-order chi connectivity index (χ1) is 8.57. The zero-order valence-electron chi connectivity index (χ0n) is 10.1. The van der Waals surface area contributed by atoms with Gasteiger partial charge in [0, 0.05) is 6.42 Å². The maximum absolute atomic E-state index is 12.9. The molecule has 3 nitrogen and oxygen atoms in total. The number of halogens is 5. The van der Waals surface area contributed by atoms with Crippen molar-refractivity contribution in [3.8, 4) is 0 Å². The smallest absolute Gasteiger partial charge is 0.372 e. The highest BCUT2D eigenvalue weighted by atomic mass is 19.4. The molecule has 0 aliphatic carbocycles. The summed E-state index contributed by atoms with van der Waals surface area (Å²) in [6, 6.07) is 0. The Kier molecular flexibility index (Phi) is 4.67. The molecule has 1 aliphatic rings. The molecular weight excluding hydrogens is 275 g/mol. The second-order valence-corrected chi connectivity index (χ2v) is 4.24. The summed E-state index contributed by atoms with van der Waals surface area (Å²) >= 11 is 0. The molecule has 0 aromatic heterocycles. The van der Waals surface area contributed by atoms with Crippen molar-refractivity contribution in [2.45, 2.75) is 37.7 Å². The molecule has 8 heteroatoms. The number of hydrogen-bond donors (Lipinski definition) is 0. The van der Waals surface area contributed by atoms with Crippen LogP contribution < -0.4 is 0 Å². The topological polar surface area (TPSA) is 35.5 Å². The maximum atomic E-state index is 12.9. The van der Waals surface area contributed by atoms with Gasteiger partial charge in [-0.05, 0) is 12.5 Å². The molecule has 2 unspecified atom stereocenters. The highest BCUT2D eigenvalue weighted by molar-refractivity contribution is 5.94. The molecule has 0 aromatic carbocycles. The van der Waals surface area contributed by atoms with Crippen molar-refractivity contribution in [2.75, 3.05) is 13.2 Å². The van der Waals surface area contributed by atoms with Gasteiger partial charge in [0.05, 0.1) is 13.2 Å². The third-order valence-corrected chi connectivity index (χ3v) is 2.65. The Hall–Kier alpha value is -1.02. The Morgan fingerprint density at radius 2 is 1.95 bits per heavy atom. The zero-order chi connectivity index (χ0) is 14.8. The molecule has 0 N–H and O–H groups in total. The Labute approximate surface area is 106 Å². The second kappa shape index (κ2) is 5.54. The van der Waals surface area contributed by atoms with E-state index in [0.717, 1.165) is 0 Å². The number of alkyl halides is 5. The normalized spacial score (nSPS) is 23.9. The van der Waals surface area contributed by atoms with E-state index >= 15 is 0 Å². The van der Waals surface area contributed by atoms with E-state index in [9.17, 15) is 26.7 Å². The molecule has 1 fully saturated rings. The molecule has 0 saturated carbocycles. The molecule has 0 spiro atoms. The summed E-state index contributed by atoms with van der Waals surface area (Å²) in [5.41, 5.74) is 0.269. The Balaban J connectivity index is 2.46. The van der Waals surface area contributed by atoms with Crippen LogP contribution in [0, 0.1) is 0 Å². The number of hydrogen-bond acceptors (Lipinski definition) is 3. The van der Waals surface area contributed by atoms with Gasteiger partial charge in [-0.15, -0.1) is 0 Å². The van der Waals surface area contributed by atoms with Crippen LogP contribution in [0.4, 0.5) is 22.0 Å². The first kappa shape index (κ1) is 16.0. The molecular formula is C11H13F5O3. The van der Waals surface area contributed by atoms with E-state index in [1.807, 2.05) is 0 Å². The van der Waals surface area contributed by atoms with E-state index in [2.05, 4.69) is 11.3 Å². The average molecular weight is 288 g/mol. The molecule has 19 heavy (non-hydrogen) atoms. The molecule has 1 rings (SSSR count). The predicted molar refractivity (Wildman–Crippen MR) is 54.9 cm³/mol. The van der Waals surface area contributed by atoms with Gasteiger partial charge in [0.25, 0.3) is 0 Å². The lowest BCUT2D eigenvalue weighted by Crippen LogP contribution is -2.62. The highest BCUT2D eigenvalue weighted by Crippen LogP contribution is 2.43. The minimum Gasteiger partial charge on any atom is -0.372 e. The lowest BCUT2D eigenvalue weighted by atomic mass is 10.0. The lowest BCUT2D eigenvalue weighted by molar-refractivity contribution is -0.362. The van der Waals surface area contributed by atoms with Gasteiger partial charge in [0.15, 0.2) is 11.9 Å². The average Bonchev–Trinajstić information content (AvgIpc) is 2.19. The standard InChI is InChI=1S/C11H13F5O3/c1-6(2)7(17)3-4-18-8-5-19-9(8)10(12,13)11(14,15)16/h8-9H,1,3-5H2,2H3. The molecule has 0 radical (unpaired) electrons. The third kappa shape index (κ3) is 3.50. The van der Waals surface area contributed by atoms with Gasteiger partial charge in [0.1, 0.15) is 6.10 Å². The van der Waals surface area contributed by atoms with Crippen LogP contribution in [-0.4, -0.2) is 43.3 Å². The number of ketones is 1. The van der Waals surface area contributed by atoms with Gasteiger partial charge < -0.3 is 9.47 Å². The van der Waals surface area contributed by atoms with E-state index in [-0.39, 0.29) is 31.0 Å². The van der Waals surface area contributed by atoms with Crippen LogP contribution in [0.2, 0.25) is 0 Å². The molecule has 1 heterocycles. The van der Waals surface area contributed by atoms with Crippen LogP contribution in [0.3, 0.4) is 0 Å². The van der Waals surface area contributed by atoms with E-state index in [1.165, 1.54) is 6.92 Å². The molecule has 0 amide bonds. The number of carbonyl (C=O) groups excluding carboxylic acids is 1. The van der Waals surface area contributed by atoms with Crippen LogP contribution in [0.25, 0.3) is 0 Å². The number of carbonyl (C=O) groups is 1. The Morgan fingerprint density at radius 3 is 2.32 bits per heavy atom. The summed E-state index contributed by atoms with van der Waals surface area (Å²) < 4.78 is 71.2. The second-order valence-electron chi connectivity index (χ2n) is 4.24. The molecule has 1 saturated heterocycles.